The number of nitrogens with one attached hydrogen (secondary N) is 2. The van der Waals surface area contributed by atoms with E-state index in [1.807, 2.05) is 0 Å². The van der Waals surface area contributed by atoms with Gasteiger partial charge in [0.2, 0.25) is 11.8 Å². The first-order chi connectivity index (χ1) is 16.8. The van der Waals surface area contributed by atoms with E-state index in [2.05, 4.69) is 20.2 Å². The van der Waals surface area contributed by atoms with Gasteiger partial charge in [-0.05, 0) is 18.6 Å². The molecule has 0 bridgehead atoms. The third-order valence-electron chi connectivity index (χ3n) is 5.27. The molecule has 14 heteroatoms. The van der Waals surface area contributed by atoms with E-state index in [-0.39, 0.29) is 36.6 Å². The normalized spacial score (nSPS) is 27.8. The Labute approximate surface area is 223 Å². The van der Waals surface area contributed by atoms with E-state index in [1.54, 1.807) is 48.5 Å². The van der Waals surface area contributed by atoms with E-state index in [0.717, 1.165) is 0 Å². The highest BCUT2D eigenvalue weighted by Gasteiger charge is 2.45. The van der Waals surface area contributed by atoms with Gasteiger partial charge in [-0.15, -0.1) is 23.2 Å². The zero-order chi connectivity index (χ0) is 25.1. The van der Waals surface area contributed by atoms with Crippen molar-refractivity contribution in [2.24, 2.45) is 9.98 Å². The Balaban J connectivity index is 1.39. The van der Waals surface area contributed by atoms with Gasteiger partial charge in [-0.1, -0.05) is 59.6 Å². The Morgan fingerprint density at radius 2 is 1.14 bits per heavy atom. The molecule has 35 heavy (non-hydrogen) atoms. The largest absolute Gasteiger partial charge is 0.416 e. The Bertz CT molecular complexity index is 1150. The topological polar surface area (TPSA) is 101 Å². The van der Waals surface area contributed by atoms with Crippen LogP contribution < -0.4 is 10.2 Å². The summed E-state index contributed by atoms with van der Waals surface area (Å²) >= 11 is 24.4. The number of aliphatic imine (C=N–C) groups is 2. The molecule has 0 fully saturated rings. The van der Waals surface area contributed by atoms with Crippen LogP contribution in [0.25, 0.3) is 0 Å². The van der Waals surface area contributed by atoms with Gasteiger partial charge in [0.05, 0.1) is 11.8 Å². The second kappa shape index (κ2) is 11.5. The zero-order valence-electron chi connectivity index (χ0n) is 18.2. The first kappa shape index (κ1) is 27.0. The molecule has 2 aliphatic rings. The predicted octanol–water partition coefficient (Wildman–Crippen LogP) is 6.98. The quantitative estimate of drug-likeness (QED) is 0.174. The molecule has 0 spiro atoms. The number of hydrogen-bond donors (Lipinski definition) is 2. The number of alkyl halides is 2. The standard InChI is InChI=1S/C21H22Cl4N4O4P2/c22-12-18-28-20(14-6-1-3-8-16(14)24)34(30,32-18)26-10-5-11-27-35(31)21(29-19(13-23)33-35)15-7-2-4-9-17(15)25/h1-4,6-9,20-21H,5,10-13H2,(H,26,30)(H,27,31)/t20-,21-,34-,35+/m1/s1. The zero-order valence-corrected chi connectivity index (χ0v) is 23.1. The maximum Gasteiger partial charge on any atom is 0.346 e. The van der Waals surface area contributed by atoms with Crippen LogP contribution in [0.3, 0.4) is 0 Å². The van der Waals surface area contributed by atoms with E-state index in [4.69, 9.17) is 55.5 Å². The SMILES string of the molecule is O=[P@]1(NCCCN[P@]2(=O)OC(CCl)=N[C@H]2c2ccccc2Cl)OC(CCl)=N[C@H]1c1ccccc1Cl. The molecule has 2 aliphatic heterocycles. The van der Waals surface area contributed by atoms with Crippen LogP contribution in [0, 0.1) is 0 Å². The van der Waals surface area contributed by atoms with Crippen molar-refractivity contribution in [2.75, 3.05) is 24.8 Å². The van der Waals surface area contributed by atoms with Crippen molar-refractivity contribution in [3.05, 3.63) is 69.7 Å². The Morgan fingerprint density at radius 3 is 1.51 bits per heavy atom. The lowest BCUT2D eigenvalue weighted by atomic mass is 10.2. The highest BCUT2D eigenvalue weighted by atomic mass is 35.5. The molecule has 0 radical (unpaired) electrons. The lowest BCUT2D eigenvalue weighted by Crippen LogP contribution is -2.22. The summed E-state index contributed by atoms with van der Waals surface area (Å²) in [4.78, 5) is 8.73. The molecule has 4 rings (SSSR count). The summed E-state index contributed by atoms with van der Waals surface area (Å²) in [5, 5.41) is 6.80. The molecule has 2 aromatic carbocycles. The van der Waals surface area contributed by atoms with Crippen molar-refractivity contribution in [2.45, 2.75) is 18.0 Å². The van der Waals surface area contributed by atoms with Crippen molar-refractivity contribution < 1.29 is 18.2 Å². The minimum Gasteiger partial charge on any atom is -0.416 e. The fourth-order valence-corrected chi connectivity index (χ4v) is 8.91. The van der Waals surface area contributed by atoms with Gasteiger partial charge in [-0.25, -0.2) is 20.2 Å². The second-order valence-corrected chi connectivity index (χ2v) is 13.4. The minimum absolute atomic E-state index is 0.0129. The van der Waals surface area contributed by atoms with Crippen LogP contribution in [-0.2, 0) is 18.2 Å². The van der Waals surface area contributed by atoms with Gasteiger partial charge in [-0.3, -0.25) is 9.13 Å². The molecule has 0 amide bonds. The monoisotopic (exact) mass is 596 g/mol. The first-order valence-electron chi connectivity index (χ1n) is 10.6. The van der Waals surface area contributed by atoms with Crippen LogP contribution in [0.1, 0.15) is 29.1 Å². The van der Waals surface area contributed by atoms with Crippen LogP contribution in [0.15, 0.2) is 58.5 Å². The van der Waals surface area contributed by atoms with Crippen LogP contribution in [0.2, 0.25) is 10.0 Å². The molecule has 0 unspecified atom stereocenters. The molecule has 2 heterocycles. The van der Waals surface area contributed by atoms with Crippen molar-refractivity contribution >= 4 is 73.2 Å². The third kappa shape index (κ3) is 5.92. The number of rotatable bonds is 10. The molecule has 8 nitrogen and oxygen atoms in total. The Kier molecular flexibility index (Phi) is 8.89. The van der Waals surface area contributed by atoms with E-state index in [9.17, 15) is 9.13 Å². The summed E-state index contributed by atoms with van der Waals surface area (Å²) in [6.45, 7) is 0.548. The van der Waals surface area contributed by atoms with E-state index in [1.165, 1.54) is 0 Å². The summed E-state index contributed by atoms with van der Waals surface area (Å²) < 4.78 is 38.4. The molecular formula is C21H22Cl4N4O4P2. The average Bonchev–Trinajstić information content (AvgIpc) is 3.36. The van der Waals surface area contributed by atoms with Crippen molar-refractivity contribution in [3.8, 4) is 0 Å². The number of benzene rings is 2. The molecule has 0 saturated heterocycles. The third-order valence-corrected chi connectivity index (χ3v) is 10.8. The Hall–Kier alpha value is -1.08. The van der Waals surface area contributed by atoms with Gasteiger partial charge in [0.25, 0.3) is 0 Å². The molecule has 2 aromatic rings. The predicted molar refractivity (Wildman–Crippen MR) is 143 cm³/mol. The number of nitrogens with zero attached hydrogens (tertiary/aromatic N) is 2. The number of hydrogen-bond acceptors (Lipinski definition) is 6. The summed E-state index contributed by atoms with van der Waals surface area (Å²) in [5.41, 5.74) is 1.17. The smallest absolute Gasteiger partial charge is 0.346 e. The molecule has 188 valence electrons. The first-order valence-corrected chi connectivity index (χ1v) is 15.8. The van der Waals surface area contributed by atoms with Crippen LogP contribution in [0.4, 0.5) is 0 Å². The van der Waals surface area contributed by atoms with Crippen LogP contribution >= 0.6 is 61.4 Å². The highest BCUT2D eigenvalue weighted by Crippen LogP contribution is 2.63. The highest BCUT2D eigenvalue weighted by molar-refractivity contribution is 7.58. The number of halogens is 4. The summed E-state index contributed by atoms with van der Waals surface area (Å²) in [7, 11) is -6.95. The van der Waals surface area contributed by atoms with Crippen LogP contribution in [-0.4, -0.2) is 36.6 Å². The maximum atomic E-state index is 13.6. The van der Waals surface area contributed by atoms with Crippen LogP contribution in [0.5, 0.6) is 0 Å². The van der Waals surface area contributed by atoms with Crippen molar-refractivity contribution in [1.29, 1.82) is 0 Å². The lowest BCUT2D eigenvalue weighted by Gasteiger charge is -2.21. The fourth-order valence-electron chi connectivity index (χ4n) is 3.67. The molecule has 4 atom stereocenters. The van der Waals surface area contributed by atoms with Crippen molar-refractivity contribution in [1.82, 2.24) is 10.2 Å². The summed E-state index contributed by atoms with van der Waals surface area (Å²) in [5.74, 6) is -1.27. The summed E-state index contributed by atoms with van der Waals surface area (Å²) in [6, 6.07) is 14.0. The lowest BCUT2D eigenvalue weighted by molar-refractivity contribution is 0.462. The van der Waals surface area contributed by atoms with E-state index >= 15 is 0 Å². The van der Waals surface area contributed by atoms with E-state index < -0.39 is 26.6 Å². The van der Waals surface area contributed by atoms with Gasteiger partial charge in [0.1, 0.15) is 0 Å². The fraction of sp³-hybridized carbons (Fsp3) is 0.333. The molecular weight excluding hydrogens is 576 g/mol. The van der Waals surface area contributed by atoms with Gasteiger partial charge in [0, 0.05) is 34.3 Å². The van der Waals surface area contributed by atoms with Gasteiger partial charge < -0.3 is 9.05 Å². The minimum atomic E-state index is -3.47. The van der Waals surface area contributed by atoms with Gasteiger partial charge >= 0.3 is 15.0 Å². The molecule has 0 aromatic heterocycles. The van der Waals surface area contributed by atoms with E-state index in [0.29, 0.717) is 27.6 Å². The second-order valence-electron chi connectivity index (χ2n) is 7.65. The molecule has 0 aliphatic carbocycles. The summed E-state index contributed by atoms with van der Waals surface area (Å²) in [6.07, 6.45) is 0.442. The average molecular weight is 598 g/mol. The van der Waals surface area contributed by atoms with Gasteiger partial charge in [-0.2, -0.15) is 0 Å². The maximum absolute atomic E-state index is 13.6. The van der Waals surface area contributed by atoms with Crippen molar-refractivity contribution in [3.63, 3.8) is 0 Å². The Morgan fingerprint density at radius 1 is 0.743 bits per heavy atom. The molecule has 0 saturated carbocycles. The van der Waals surface area contributed by atoms with Gasteiger partial charge in [0.15, 0.2) is 11.6 Å². The molecule has 2 N–H and O–H groups in total.